The molecule has 0 radical (unpaired) electrons. The van der Waals surface area contributed by atoms with Crippen molar-refractivity contribution in [3.05, 3.63) is 96.1 Å². The van der Waals surface area contributed by atoms with Crippen LogP contribution in [0, 0.1) is 0 Å². The van der Waals surface area contributed by atoms with Gasteiger partial charge < -0.3 is 18.9 Å². The summed E-state index contributed by atoms with van der Waals surface area (Å²) in [4.78, 5) is 12.0. The second-order valence-corrected chi connectivity index (χ2v) is 7.25. The van der Waals surface area contributed by atoms with Gasteiger partial charge in [0.2, 0.25) is 0 Å². The number of ether oxygens (including phenoxy) is 4. The normalized spacial score (nSPS) is 11.8. The van der Waals surface area contributed by atoms with Crippen molar-refractivity contribution < 1.29 is 23.7 Å². The van der Waals surface area contributed by atoms with E-state index in [0.29, 0.717) is 26.2 Å². The fourth-order valence-corrected chi connectivity index (χ4v) is 3.22. The van der Waals surface area contributed by atoms with Crippen LogP contribution in [-0.2, 0) is 20.7 Å². The molecule has 3 aromatic rings. The first-order chi connectivity index (χ1) is 16.2. The van der Waals surface area contributed by atoms with Gasteiger partial charge in [-0.3, -0.25) is 0 Å². The summed E-state index contributed by atoms with van der Waals surface area (Å²) in [6, 6.07) is 25.3. The Morgan fingerprint density at radius 3 is 2.33 bits per heavy atom. The third kappa shape index (κ3) is 8.13. The van der Waals surface area contributed by atoms with Crippen molar-refractivity contribution in [2.75, 3.05) is 19.8 Å². The van der Waals surface area contributed by atoms with Crippen molar-refractivity contribution in [1.82, 2.24) is 0 Å². The highest BCUT2D eigenvalue weighted by atomic mass is 16.6. The Kier molecular flexibility index (Phi) is 9.55. The topological polar surface area (TPSA) is 54.0 Å². The molecule has 0 saturated heterocycles. The van der Waals surface area contributed by atoms with Crippen LogP contribution in [0.5, 0.6) is 17.2 Å². The zero-order chi connectivity index (χ0) is 23.3. The molecule has 172 valence electrons. The van der Waals surface area contributed by atoms with Gasteiger partial charge in [-0.2, -0.15) is 0 Å². The van der Waals surface area contributed by atoms with Crippen molar-refractivity contribution in [1.29, 1.82) is 0 Å². The lowest BCUT2D eigenvalue weighted by Crippen LogP contribution is -2.28. The molecule has 0 spiro atoms. The Labute approximate surface area is 195 Å². The summed E-state index contributed by atoms with van der Waals surface area (Å²) in [5.41, 5.74) is 2.02. The van der Waals surface area contributed by atoms with Crippen LogP contribution in [0.15, 0.2) is 84.9 Å². The number of carbonyl (C=O) groups excluding carboxylic acids is 1. The Balaban J connectivity index is 1.49. The molecule has 5 nitrogen and oxygen atoms in total. The van der Waals surface area contributed by atoms with Gasteiger partial charge in [0, 0.05) is 13.0 Å². The molecular formula is C28H30O5. The molecule has 0 aromatic heterocycles. The van der Waals surface area contributed by atoms with E-state index in [4.69, 9.17) is 18.9 Å². The number of hydrogen-bond acceptors (Lipinski definition) is 5. The van der Waals surface area contributed by atoms with Gasteiger partial charge in [0.15, 0.2) is 6.10 Å². The molecule has 1 atom stereocenters. The Morgan fingerprint density at radius 2 is 1.61 bits per heavy atom. The minimum absolute atomic E-state index is 0.331. The lowest BCUT2D eigenvalue weighted by atomic mass is 10.1. The van der Waals surface area contributed by atoms with Crippen LogP contribution in [0.25, 0.3) is 6.08 Å². The summed E-state index contributed by atoms with van der Waals surface area (Å²) in [6.45, 7) is 4.89. The molecule has 0 amide bonds. The van der Waals surface area contributed by atoms with Crippen molar-refractivity contribution >= 4 is 12.0 Å². The second-order valence-electron chi connectivity index (χ2n) is 7.25. The molecule has 33 heavy (non-hydrogen) atoms. The summed E-state index contributed by atoms with van der Waals surface area (Å²) < 4.78 is 22.3. The fraction of sp³-hybridized carbons (Fsp3) is 0.250. The molecule has 0 aliphatic carbocycles. The van der Waals surface area contributed by atoms with Gasteiger partial charge in [-0.25, -0.2) is 4.79 Å². The zero-order valence-corrected chi connectivity index (χ0v) is 19.1. The molecule has 0 bridgehead atoms. The molecular weight excluding hydrogens is 416 g/mol. The Morgan fingerprint density at radius 1 is 0.848 bits per heavy atom. The zero-order valence-electron chi connectivity index (χ0n) is 19.1. The van der Waals surface area contributed by atoms with Crippen LogP contribution < -0.4 is 9.47 Å². The quantitative estimate of drug-likeness (QED) is 0.316. The van der Waals surface area contributed by atoms with Crippen molar-refractivity contribution in [3.63, 3.8) is 0 Å². The Bertz CT molecular complexity index is 1010. The SMILES string of the molecule is CCOC(=O)C(Cc1ccc(OCC=Cc2cccc(Oc3ccccc3)c2)cc1)OCC. The van der Waals surface area contributed by atoms with Crippen LogP contribution in [0.4, 0.5) is 0 Å². The van der Waals surface area contributed by atoms with Crippen LogP contribution in [0.2, 0.25) is 0 Å². The highest BCUT2D eigenvalue weighted by molar-refractivity contribution is 5.75. The summed E-state index contributed by atoms with van der Waals surface area (Å²) >= 11 is 0. The van der Waals surface area contributed by atoms with Gasteiger partial charge in [0.1, 0.15) is 23.9 Å². The first kappa shape index (κ1) is 24.1. The largest absolute Gasteiger partial charge is 0.490 e. The first-order valence-electron chi connectivity index (χ1n) is 11.2. The van der Waals surface area contributed by atoms with Crippen LogP contribution in [0.1, 0.15) is 25.0 Å². The molecule has 3 rings (SSSR count). The number of benzene rings is 3. The van der Waals surface area contributed by atoms with Gasteiger partial charge in [-0.15, -0.1) is 0 Å². The number of hydrogen-bond donors (Lipinski definition) is 0. The van der Waals surface area contributed by atoms with E-state index in [1.165, 1.54) is 0 Å². The predicted molar refractivity (Wildman–Crippen MR) is 130 cm³/mol. The standard InChI is InChI=1S/C28H30O5/c1-3-30-27(28(29)31-4-2)21-23-15-17-24(18-16-23)32-19-9-11-22-10-8-14-26(20-22)33-25-12-6-5-7-13-25/h5-18,20,27H,3-4,19,21H2,1-2H3. The number of carbonyl (C=O) groups is 1. The average molecular weight is 447 g/mol. The van der Waals surface area contributed by atoms with E-state index in [0.717, 1.165) is 28.4 Å². The molecule has 0 fully saturated rings. The molecule has 3 aromatic carbocycles. The van der Waals surface area contributed by atoms with Crippen molar-refractivity contribution in [2.45, 2.75) is 26.4 Å². The van der Waals surface area contributed by atoms with Gasteiger partial charge in [0.05, 0.1) is 6.61 Å². The maximum atomic E-state index is 12.0. The minimum Gasteiger partial charge on any atom is -0.490 e. The molecule has 0 saturated carbocycles. The smallest absolute Gasteiger partial charge is 0.335 e. The average Bonchev–Trinajstić information content (AvgIpc) is 2.83. The summed E-state index contributed by atoms with van der Waals surface area (Å²) in [5.74, 6) is 2.02. The van der Waals surface area contributed by atoms with Gasteiger partial charge in [-0.1, -0.05) is 48.5 Å². The van der Waals surface area contributed by atoms with Gasteiger partial charge >= 0.3 is 5.97 Å². The fourth-order valence-electron chi connectivity index (χ4n) is 3.22. The van der Waals surface area contributed by atoms with Crippen LogP contribution in [0.3, 0.4) is 0 Å². The van der Waals surface area contributed by atoms with E-state index < -0.39 is 6.10 Å². The summed E-state index contributed by atoms with van der Waals surface area (Å²) in [7, 11) is 0. The van der Waals surface area contributed by atoms with E-state index in [-0.39, 0.29) is 5.97 Å². The second kappa shape index (κ2) is 13.1. The van der Waals surface area contributed by atoms with E-state index in [2.05, 4.69) is 0 Å². The van der Waals surface area contributed by atoms with E-state index in [9.17, 15) is 4.79 Å². The van der Waals surface area contributed by atoms with Crippen LogP contribution in [-0.4, -0.2) is 31.9 Å². The van der Waals surface area contributed by atoms with Gasteiger partial charge in [0.25, 0.3) is 0 Å². The maximum Gasteiger partial charge on any atom is 0.335 e. The molecule has 1 unspecified atom stereocenters. The number of rotatable bonds is 12. The summed E-state index contributed by atoms with van der Waals surface area (Å²) in [5, 5.41) is 0. The van der Waals surface area contributed by atoms with Crippen molar-refractivity contribution in [2.24, 2.45) is 0 Å². The third-order valence-corrected chi connectivity index (χ3v) is 4.76. The predicted octanol–water partition coefficient (Wildman–Crippen LogP) is 6.08. The highest BCUT2D eigenvalue weighted by Gasteiger charge is 2.20. The van der Waals surface area contributed by atoms with Gasteiger partial charge in [-0.05, 0) is 67.4 Å². The highest BCUT2D eigenvalue weighted by Crippen LogP contribution is 2.22. The maximum absolute atomic E-state index is 12.0. The molecule has 0 aliphatic rings. The van der Waals surface area contributed by atoms with E-state index in [1.54, 1.807) is 6.92 Å². The summed E-state index contributed by atoms with van der Waals surface area (Å²) in [6.07, 6.45) is 3.83. The molecule has 5 heteroatoms. The third-order valence-electron chi connectivity index (χ3n) is 4.76. The van der Waals surface area contributed by atoms with E-state index in [1.807, 2.05) is 97.9 Å². The number of para-hydroxylation sites is 1. The van der Waals surface area contributed by atoms with E-state index >= 15 is 0 Å². The molecule has 0 N–H and O–H groups in total. The minimum atomic E-state index is -0.591. The lowest BCUT2D eigenvalue weighted by molar-refractivity contribution is -0.156. The molecule has 0 aliphatic heterocycles. The first-order valence-corrected chi connectivity index (χ1v) is 11.2. The Hall–Kier alpha value is -3.57. The molecule has 0 heterocycles. The lowest BCUT2D eigenvalue weighted by Gasteiger charge is -2.15. The van der Waals surface area contributed by atoms with Crippen molar-refractivity contribution in [3.8, 4) is 17.2 Å². The van der Waals surface area contributed by atoms with Crippen LogP contribution >= 0.6 is 0 Å². The number of esters is 1. The monoisotopic (exact) mass is 446 g/mol.